The van der Waals surface area contributed by atoms with Crippen molar-refractivity contribution in [1.82, 2.24) is 10.2 Å². The zero-order chi connectivity index (χ0) is 19.1. The van der Waals surface area contributed by atoms with Gasteiger partial charge in [0.25, 0.3) is 0 Å². The SMILES string of the molecule is CC(=O)Nc1ccc(SC(C)C(=O)NCC(c2cccs2)N(C)C)cc1. The molecule has 0 fully saturated rings. The molecule has 1 aromatic heterocycles. The molecule has 26 heavy (non-hydrogen) atoms. The van der Waals surface area contributed by atoms with Crippen LogP contribution in [0, 0.1) is 0 Å². The maximum atomic E-state index is 12.5. The fourth-order valence-corrected chi connectivity index (χ4v) is 4.25. The van der Waals surface area contributed by atoms with Crippen molar-refractivity contribution in [2.24, 2.45) is 0 Å². The van der Waals surface area contributed by atoms with Gasteiger partial charge in [0.1, 0.15) is 0 Å². The van der Waals surface area contributed by atoms with E-state index < -0.39 is 0 Å². The molecule has 0 aliphatic carbocycles. The maximum absolute atomic E-state index is 12.5. The smallest absolute Gasteiger partial charge is 0.233 e. The van der Waals surface area contributed by atoms with Crippen molar-refractivity contribution in [2.75, 3.05) is 26.0 Å². The molecular weight excluding hydrogens is 366 g/mol. The van der Waals surface area contributed by atoms with Gasteiger partial charge < -0.3 is 15.5 Å². The van der Waals surface area contributed by atoms with Crippen molar-refractivity contribution >= 4 is 40.6 Å². The average Bonchev–Trinajstić information content (AvgIpc) is 3.10. The number of nitrogens with zero attached hydrogens (tertiary/aromatic N) is 1. The van der Waals surface area contributed by atoms with E-state index in [9.17, 15) is 9.59 Å². The van der Waals surface area contributed by atoms with Crippen LogP contribution in [0.15, 0.2) is 46.7 Å². The summed E-state index contributed by atoms with van der Waals surface area (Å²) in [5.74, 6) is -0.0799. The number of anilines is 1. The fraction of sp³-hybridized carbons (Fsp3) is 0.368. The third-order valence-electron chi connectivity index (χ3n) is 3.82. The number of carbonyl (C=O) groups excluding carboxylic acids is 2. The van der Waals surface area contributed by atoms with Crippen molar-refractivity contribution < 1.29 is 9.59 Å². The zero-order valence-electron chi connectivity index (χ0n) is 15.5. The predicted octanol–water partition coefficient (Wildman–Crippen LogP) is 3.61. The summed E-state index contributed by atoms with van der Waals surface area (Å²) in [6, 6.07) is 11.8. The van der Waals surface area contributed by atoms with Gasteiger partial charge in [0.2, 0.25) is 11.8 Å². The Balaban J connectivity index is 1.87. The summed E-state index contributed by atoms with van der Waals surface area (Å²) in [7, 11) is 4.04. The van der Waals surface area contributed by atoms with Gasteiger partial charge in [-0.1, -0.05) is 6.07 Å². The topological polar surface area (TPSA) is 61.4 Å². The number of likely N-dealkylation sites (N-methyl/N-ethyl adjacent to an activating group) is 1. The van der Waals surface area contributed by atoms with Crippen molar-refractivity contribution in [3.05, 3.63) is 46.7 Å². The highest BCUT2D eigenvalue weighted by Crippen LogP contribution is 2.26. The Kier molecular flexibility index (Phi) is 7.68. The maximum Gasteiger partial charge on any atom is 0.233 e. The lowest BCUT2D eigenvalue weighted by Gasteiger charge is -2.24. The summed E-state index contributed by atoms with van der Waals surface area (Å²) in [5.41, 5.74) is 0.753. The summed E-state index contributed by atoms with van der Waals surface area (Å²) < 4.78 is 0. The molecule has 5 nitrogen and oxygen atoms in total. The molecule has 2 atom stereocenters. The van der Waals surface area contributed by atoms with E-state index in [1.807, 2.05) is 51.4 Å². The highest BCUT2D eigenvalue weighted by molar-refractivity contribution is 8.00. The summed E-state index contributed by atoms with van der Waals surface area (Å²) in [6.45, 7) is 3.96. The fourth-order valence-electron chi connectivity index (χ4n) is 2.44. The lowest BCUT2D eigenvalue weighted by molar-refractivity contribution is -0.120. The molecule has 7 heteroatoms. The first-order valence-corrected chi connectivity index (χ1v) is 10.1. The van der Waals surface area contributed by atoms with Crippen LogP contribution in [0.2, 0.25) is 0 Å². The summed E-state index contributed by atoms with van der Waals surface area (Å²) in [4.78, 5) is 27.9. The molecule has 0 radical (unpaired) electrons. The van der Waals surface area contributed by atoms with E-state index in [-0.39, 0.29) is 23.1 Å². The van der Waals surface area contributed by atoms with E-state index in [4.69, 9.17) is 0 Å². The van der Waals surface area contributed by atoms with E-state index in [1.165, 1.54) is 23.6 Å². The summed E-state index contributed by atoms with van der Waals surface area (Å²) >= 11 is 3.20. The molecule has 0 aliphatic heterocycles. The van der Waals surface area contributed by atoms with Gasteiger partial charge in [0.05, 0.1) is 11.3 Å². The number of hydrogen-bond donors (Lipinski definition) is 2. The first-order valence-electron chi connectivity index (χ1n) is 8.38. The molecule has 2 rings (SSSR count). The molecule has 2 unspecified atom stereocenters. The summed E-state index contributed by atoms with van der Waals surface area (Å²) in [6.07, 6.45) is 0. The summed E-state index contributed by atoms with van der Waals surface area (Å²) in [5, 5.41) is 7.64. The third-order valence-corrected chi connectivity index (χ3v) is 5.91. The number of thioether (sulfide) groups is 1. The van der Waals surface area contributed by atoms with E-state index in [0.717, 1.165) is 10.6 Å². The molecule has 0 spiro atoms. The Morgan fingerprint density at radius 3 is 2.42 bits per heavy atom. The van der Waals surface area contributed by atoms with Gasteiger partial charge in [-0.05, 0) is 56.7 Å². The second-order valence-corrected chi connectivity index (χ2v) is 8.60. The number of nitrogens with one attached hydrogen (secondary N) is 2. The first-order chi connectivity index (χ1) is 12.4. The highest BCUT2D eigenvalue weighted by atomic mass is 32.2. The predicted molar refractivity (Wildman–Crippen MR) is 110 cm³/mol. The standard InChI is InChI=1S/C19H25N3O2S2/c1-13(26-16-9-7-15(8-10-16)21-14(2)23)19(24)20-12-17(22(3)4)18-6-5-11-25-18/h5-11,13,17H,12H2,1-4H3,(H,20,24)(H,21,23). The molecule has 1 aromatic carbocycles. The minimum atomic E-state index is -0.201. The molecule has 140 valence electrons. The van der Waals surface area contributed by atoms with Crippen molar-refractivity contribution in [1.29, 1.82) is 0 Å². The van der Waals surface area contributed by atoms with Gasteiger partial charge in [0, 0.05) is 28.9 Å². The Morgan fingerprint density at radius 1 is 1.19 bits per heavy atom. The molecule has 2 amide bonds. The van der Waals surface area contributed by atoms with Gasteiger partial charge >= 0.3 is 0 Å². The zero-order valence-corrected chi connectivity index (χ0v) is 17.1. The van der Waals surface area contributed by atoms with Crippen molar-refractivity contribution in [2.45, 2.75) is 30.0 Å². The first kappa shape index (κ1) is 20.5. The van der Waals surface area contributed by atoms with Crippen LogP contribution in [-0.2, 0) is 9.59 Å². The van der Waals surface area contributed by atoms with Crippen LogP contribution in [0.25, 0.3) is 0 Å². The van der Waals surface area contributed by atoms with Crippen LogP contribution in [0.5, 0.6) is 0 Å². The molecule has 0 saturated heterocycles. The monoisotopic (exact) mass is 391 g/mol. The van der Waals surface area contributed by atoms with Gasteiger partial charge in [-0.25, -0.2) is 0 Å². The molecular formula is C19H25N3O2S2. The molecule has 0 saturated carbocycles. The van der Waals surface area contributed by atoms with Gasteiger partial charge in [-0.15, -0.1) is 23.1 Å². The van der Waals surface area contributed by atoms with Gasteiger partial charge in [-0.2, -0.15) is 0 Å². The minimum Gasteiger partial charge on any atom is -0.353 e. The van der Waals surface area contributed by atoms with Gasteiger partial charge in [0.15, 0.2) is 0 Å². The molecule has 0 aliphatic rings. The number of carbonyl (C=O) groups is 2. The van der Waals surface area contributed by atoms with Crippen molar-refractivity contribution in [3.63, 3.8) is 0 Å². The molecule has 2 N–H and O–H groups in total. The average molecular weight is 392 g/mol. The van der Waals surface area contributed by atoms with E-state index in [2.05, 4.69) is 27.0 Å². The normalized spacial score (nSPS) is 13.3. The van der Waals surface area contributed by atoms with Crippen LogP contribution in [-0.4, -0.2) is 42.6 Å². The van der Waals surface area contributed by atoms with E-state index in [0.29, 0.717) is 6.54 Å². The largest absolute Gasteiger partial charge is 0.353 e. The van der Waals surface area contributed by atoms with Crippen LogP contribution in [0.4, 0.5) is 5.69 Å². The second-order valence-electron chi connectivity index (χ2n) is 6.21. The highest BCUT2D eigenvalue weighted by Gasteiger charge is 2.19. The van der Waals surface area contributed by atoms with Crippen LogP contribution >= 0.6 is 23.1 Å². The molecule has 2 aromatic rings. The van der Waals surface area contributed by atoms with E-state index >= 15 is 0 Å². The quantitative estimate of drug-likeness (QED) is 0.675. The Labute approximate surface area is 163 Å². The Hall–Kier alpha value is -1.83. The van der Waals surface area contributed by atoms with Crippen molar-refractivity contribution in [3.8, 4) is 0 Å². The number of rotatable bonds is 8. The minimum absolute atomic E-state index is 0.0179. The number of amides is 2. The number of hydrogen-bond acceptors (Lipinski definition) is 5. The Morgan fingerprint density at radius 2 is 1.88 bits per heavy atom. The lowest BCUT2D eigenvalue weighted by Crippen LogP contribution is -2.37. The molecule has 0 bridgehead atoms. The van der Waals surface area contributed by atoms with Crippen LogP contribution < -0.4 is 10.6 Å². The van der Waals surface area contributed by atoms with Crippen LogP contribution in [0.1, 0.15) is 24.8 Å². The van der Waals surface area contributed by atoms with E-state index in [1.54, 1.807) is 11.3 Å². The lowest BCUT2D eigenvalue weighted by atomic mass is 10.2. The molecule has 1 heterocycles. The Bertz CT molecular complexity index is 715. The number of thiophene rings is 1. The van der Waals surface area contributed by atoms with Gasteiger partial charge in [-0.3, -0.25) is 9.59 Å². The second kappa shape index (κ2) is 9.75. The number of benzene rings is 1. The van der Waals surface area contributed by atoms with Crippen LogP contribution in [0.3, 0.4) is 0 Å². The third kappa shape index (κ3) is 6.16.